The Hall–Kier alpha value is -6.20. The summed E-state index contributed by atoms with van der Waals surface area (Å²) < 4.78 is 6.27. The number of rotatable bonds is 4. The van der Waals surface area contributed by atoms with Gasteiger partial charge < -0.3 is 4.42 Å². The van der Waals surface area contributed by atoms with Crippen molar-refractivity contribution in [1.29, 1.82) is 0 Å². The van der Waals surface area contributed by atoms with E-state index < -0.39 is 0 Å². The van der Waals surface area contributed by atoms with Gasteiger partial charge in [-0.3, -0.25) is 4.98 Å². The van der Waals surface area contributed by atoms with Crippen molar-refractivity contribution in [3.8, 4) is 45.3 Å². The highest BCUT2D eigenvalue weighted by atomic mass is 16.3. The van der Waals surface area contributed by atoms with Crippen LogP contribution in [0.5, 0.6) is 0 Å². The van der Waals surface area contributed by atoms with Crippen LogP contribution in [0.15, 0.2) is 150 Å². The van der Waals surface area contributed by atoms with Crippen LogP contribution in [0.1, 0.15) is 0 Å². The first-order valence-corrected chi connectivity index (χ1v) is 14.9. The van der Waals surface area contributed by atoms with E-state index in [4.69, 9.17) is 19.4 Å². The Balaban J connectivity index is 1.18. The molecule has 0 saturated carbocycles. The Morgan fingerprint density at radius 2 is 1.02 bits per heavy atom. The van der Waals surface area contributed by atoms with Gasteiger partial charge in [0.15, 0.2) is 23.1 Å². The van der Waals surface area contributed by atoms with E-state index in [1.807, 2.05) is 54.7 Å². The second-order valence-corrected chi connectivity index (χ2v) is 11.1. The fraction of sp³-hybridized carbons (Fsp3) is 0. The van der Waals surface area contributed by atoms with Crippen molar-refractivity contribution in [2.24, 2.45) is 0 Å². The van der Waals surface area contributed by atoms with Gasteiger partial charge in [0.1, 0.15) is 5.58 Å². The summed E-state index contributed by atoms with van der Waals surface area (Å²) in [6.07, 6.45) is 3.71. The van der Waals surface area contributed by atoms with E-state index in [1.165, 1.54) is 5.39 Å². The summed E-state index contributed by atoms with van der Waals surface area (Å²) in [6.45, 7) is 0. The number of aromatic nitrogens is 4. The minimum Gasteiger partial charge on any atom is -0.454 e. The molecule has 210 valence electrons. The second-order valence-electron chi connectivity index (χ2n) is 11.1. The van der Waals surface area contributed by atoms with Gasteiger partial charge in [0.05, 0.1) is 6.20 Å². The number of benzene rings is 6. The lowest BCUT2D eigenvalue weighted by molar-refractivity contribution is 0.667. The molecule has 0 N–H and O–H groups in total. The largest absolute Gasteiger partial charge is 0.454 e. The number of nitrogens with zero attached hydrogens (tertiary/aromatic N) is 4. The van der Waals surface area contributed by atoms with Crippen molar-refractivity contribution >= 4 is 43.5 Å². The summed E-state index contributed by atoms with van der Waals surface area (Å²) in [5, 5.41) is 6.71. The van der Waals surface area contributed by atoms with Gasteiger partial charge in [-0.15, -0.1) is 0 Å². The quantitative estimate of drug-likeness (QED) is 0.209. The average Bonchev–Trinajstić information content (AvgIpc) is 3.48. The molecule has 6 aromatic carbocycles. The van der Waals surface area contributed by atoms with Crippen LogP contribution >= 0.6 is 0 Å². The van der Waals surface area contributed by atoms with Crippen LogP contribution in [-0.4, -0.2) is 19.9 Å². The monoisotopic (exact) mass is 576 g/mol. The van der Waals surface area contributed by atoms with Crippen molar-refractivity contribution in [3.63, 3.8) is 0 Å². The number of fused-ring (bicyclic) bond motifs is 5. The topological polar surface area (TPSA) is 64.7 Å². The molecule has 0 unspecified atom stereocenters. The molecule has 0 saturated heterocycles. The van der Waals surface area contributed by atoms with Crippen LogP contribution in [0.2, 0.25) is 0 Å². The van der Waals surface area contributed by atoms with E-state index in [9.17, 15) is 0 Å². The summed E-state index contributed by atoms with van der Waals surface area (Å²) in [4.78, 5) is 19.4. The van der Waals surface area contributed by atoms with E-state index in [0.717, 1.165) is 65.9 Å². The number of hydrogen-bond donors (Lipinski definition) is 0. The van der Waals surface area contributed by atoms with Crippen LogP contribution in [0.25, 0.3) is 88.8 Å². The zero-order valence-electron chi connectivity index (χ0n) is 24.1. The summed E-state index contributed by atoms with van der Waals surface area (Å²) in [7, 11) is 0. The van der Waals surface area contributed by atoms with Crippen LogP contribution in [0.4, 0.5) is 0 Å². The predicted octanol–water partition coefficient (Wildman–Crippen LogP) is 10.1. The van der Waals surface area contributed by atoms with Gasteiger partial charge in [0.2, 0.25) is 0 Å². The van der Waals surface area contributed by atoms with Gasteiger partial charge in [-0.2, -0.15) is 0 Å². The zero-order valence-corrected chi connectivity index (χ0v) is 24.1. The van der Waals surface area contributed by atoms with Crippen LogP contribution in [0, 0.1) is 0 Å². The molecule has 0 amide bonds. The molecule has 45 heavy (non-hydrogen) atoms. The minimum atomic E-state index is 0.620. The Bertz CT molecular complexity index is 2530. The minimum absolute atomic E-state index is 0.620. The fourth-order valence-electron chi connectivity index (χ4n) is 6.19. The summed E-state index contributed by atoms with van der Waals surface area (Å²) in [6, 6.07) is 45.6. The molecule has 9 rings (SSSR count). The van der Waals surface area contributed by atoms with E-state index in [1.54, 1.807) is 6.20 Å². The number of hydrogen-bond acceptors (Lipinski definition) is 5. The third-order valence-corrected chi connectivity index (χ3v) is 8.40. The fourth-order valence-corrected chi connectivity index (χ4v) is 6.19. The molecule has 0 atom stereocenters. The smallest absolute Gasteiger partial charge is 0.164 e. The third kappa shape index (κ3) is 4.33. The molecule has 0 fully saturated rings. The van der Waals surface area contributed by atoms with E-state index in [2.05, 4.69) is 89.9 Å². The zero-order chi connectivity index (χ0) is 29.7. The molecule has 3 aromatic heterocycles. The molecule has 9 aromatic rings. The molecule has 0 aliphatic rings. The molecule has 0 bridgehead atoms. The molecule has 3 heterocycles. The van der Waals surface area contributed by atoms with Gasteiger partial charge in [-0.1, -0.05) is 121 Å². The highest BCUT2D eigenvalue weighted by molar-refractivity contribution is 6.15. The molecule has 0 radical (unpaired) electrons. The molecular formula is C40H24N4O. The maximum absolute atomic E-state index is 6.27. The number of furan rings is 1. The van der Waals surface area contributed by atoms with Crippen molar-refractivity contribution < 1.29 is 4.42 Å². The van der Waals surface area contributed by atoms with E-state index in [0.29, 0.717) is 17.5 Å². The molecular weight excluding hydrogens is 552 g/mol. The van der Waals surface area contributed by atoms with Crippen LogP contribution in [0.3, 0.4) is 0 Å². The summed E-state index contributed by atoms with van der Waals surface area (Å²) in [5.41, 5.74) is 6.51. The lowest BCUT2D eigenvalue weighted by atomic mass is 9.99. The molecule has 0 aliphatic heterocycles. The van der Waals surface area contributed by atoms with E-state index in [-0.39, 0.29) is 0 Å². The van der Waals surface area contributed by atoms with Crippen molar-refractivity contribution in [2.45, 2.75) is 0 Å². The summed E-state index contributed by atoms with van der Waals surface area (Å²) in [5.74, 6) is 1.90. The highest BCUT2D eigenvalue weighted by Crippen LogP contribution is 2.38. The lowest BCUT2D eigenvalue weighted by Gasteiger charge is -2.11. The maximum atomic E-state index is 6.27. The van der Waals surface area contributed by atoms with Gasteiger partial charge in [-0.05, 0) is 39.2 Å². The van der Waals surface area contributed by atoms with E-state index >= 15 is 0 Å². The van der Waals surface area contributed by atoms with Crippen LogP contribution < -0.4 is 0 Å². The van der Waals surface area contributed by atoms with Gasteiger partial charge in [0.25, 0.3) is 0 Å². The average molecular weight is 577 g/mol. The molecule has 5 heteroatoms. The first kappa shape index (κ1) is 25.3. The second kappa shape index (κ2) is 10.2. The molecule has 5 nitrogen and oxygen atoms in total. The Kier molecular flexibility index (Phi) is 5.74. The number of pyridine rings is 1. The molecule has 0 aliphatic carbocycles. The van der Waals surface area contributed by atoms with Crippen molar-refractivity contribution in [1.82, 2.24) is 19.9 Å². The molecule has 0 spiro atoms. The Morgan fingerprint density at radius 1 is 0.400 bits per heavy atom. The first-order chi connectivity index (χ1) is 22.3. The van der Waals surface area contributed by atoms with Gasteiger partial charge in [-0.25, -0.2) is 15.0 Å². The third-order valence-electron chi connectivity index (χ3n) is 8.40. The van der Waals surface area contributed by atoms with Gasteiger partial charge in [0, 0.05) is 39.2 Å². The summed E-state index contributed by atoms with van der Waals surface area (Å²) >= 11 is 0. The Morgan fingerprint density at radius 3 is 1.82 bits per heavy atom. The standard InChI is InChI=1S/C40H24N4O/c1-2-10-27(11-3-1)38-42-39(44-40(43-38)32-16-8-14-25-9-6-7-15-31(25)32)28-19-17-26(18-20-28)34-23-41-24-36-37(34)33-21-29-12-4-5-13-30(29)22-35(33)45-36/h1-24H. The Labute approximate surface area is 258 Å². The highest BCUT2D eigenvalue weighted by Gasteiger charge is 2.16. The van der Waals surface area contributed by atoms with Crippen molar-refractivity contribution in [2.75, 3.05) is 0 Å². The SMILES string of the molecule is c1ccc(-c2nc(-c3ccc(-c4cncc5oc6cc7ccccc7cc6c45)cc3)nc(-c3cccc4ccccc34)n2)cc1. The predicted molar refractivity (Wildman–Crippen MR) is 182 cm³/mol. The van der Waals surface area contributed by atoms with Crippen LogP contribution in [-0.2, 0) is 0 Å². The van der Waals surface area contributed by atoms with Gasteiger partial charge >= 0.3 is 0 Å². The first-order valence-electron chi connectivity index (χ1n) is 14.9. The maximum Gasteiger partial charge on any atom is 0.164 e. The lowest BCUT2D eigenvalue weighted by Crippen LogP contribution is -2.00. The van der Waals surface area contributed by atoms with Crippen molar-refractivity contribution in [3.05, 3.63) is 146 Å². The normalized spacial score (nSPS) is 11.6.